The van der Waals surface area contributed by atoms with Gasteiger partial charge in [-0.2, -0.15) is 0 Å². The Bertz CT molecular complexity index is 420. The van der Waals surface area contributed by atoms with E-state index in [1.54, 1.807) is 18.9 Å². The summed E-state index contributed by atoms with van der Waals surface area (Å²) >= 11 is 1.72. The van der Waals surface area contributed by atoms with Gasteiger partial charge in [0.15, 0.2) is 0 Å². The Hall–Kier alpha value is -0.910. The van der Waals surface area contributed by atoms with E-state index in [4.69, 9.17) is 4.74 Å². The fourth-order valence-electron chi connectivity index (χ4n) is 2.18. The molecule has 1 heterocycles. The average molecular weight is 331 g/mol. The van der Waals surface area contributed by atoms with Gasteiger partial charge < -0.3 is 15.0 Å². The third-order valence-corrected chi connectivity index (χ3v) is 4.35. The van der Waals surface area contributed by atoms with Crippen LogP contribution in [0.25, 0.3) is 0 Å². The molecule has 1 amide bonds. The zero-order valence-electron chi connectivity index (χ0n) is 12.3. The van der Waals surface area contributed by atoms with Crippen LogP contribution in [0, 0.1) is 0 Å². The van der Waals surface area contributed by atoms with Crippen LogP contribution < -0.4 is 10.1 Å². The quantitative estimate of drug-likeness (QED) is 0.842. The second-order valence-corrected chi connectivity index (χ2v) is 5.93. The molecule has 1 aliphatic rings. The summed E-state index contributed by atoms with van der Waals surface area (Å²) in [6.07, 6.45) is 1.66. The Morgan fingerprint density at radius 1 is 1.29 bits per heavy atom. The number of methoxy groups -OCH3 is 1. The van der Waals surface area contributed by atoms with Gasteiger partial charge in [-0.05, 0) is 37.2 Å². The summed E-state index contributed by atoms with van der Waals surface area (Å²) in [6, 6.07) is 7.96. The molecule has 1 aromatic carbocycles. The van der Waals surface area contributed by atoms with Crippen LogP contribution in [0.1, 0.15) is 12.8 Å². The normalized spacial score (nSPS) is 15.0. The van der Waals surface area contributed by atoms with Crippen LogP contribution in [-0.4, -0.2) is 49.8 Å². The maximum Gasteiger partial charge on any atom is 0.223 e. The topological polar surface area (TPSA) is 41.6 Å². The van der Waals surface area contributed by atoms with Crippen molar-refractivity contribution in [3.05, 3.63) is 24.3 Å². The number of nitrogens with zero attached hydrogens (tertiary/aromatic N) is 1. The number of thioether (sulfide) groups is 1. The van der Waals surface area contributed by atoms with Crippen LogP contribution in [0.2, 0.25) is 0 Å². The maximum atomic E-state index is 12.1. The summed E-state index contributed by atoms with van der Waals surface area (Å²) in [6.45, 7) is 3.66. The Labute approximate surface area is 137 Å². The van der Waals surface area contributed by atoms with Crippen molar-refractivity contribution in [2.24, 2.45) is 0 Å². The third-order valence-electron chi connectivity index (χ3n) is 3.34. The molecule has 0 bridgehead atoms. The first-order chi connectivity index (χ1) is 9.79. The Morgan fingerprint density at radius 3 is 2.76 bits per heavy atom. The molecule has 6 heteroatoms. The molecule has 1 fully saturated rings. The number of carbonyl (C=O) groups excluding carboxylic acids is 1. The van der Waals surface area contributed by atoms with E-state index < -0.39 is 0 Å². The molecular formula is C15H23ClN2O2S. The molecule has 1 aromatic rings. The molecule has 0 unspecified atom stereocenters. The molecular weight excluding hydrogens is 308 g/mol. The number of hydrogen-bond acceptors (Lipinski definition) is 4. The van der Waals surface area contributed by atoms with Gasteiger partial charge >= 0.3 is 0 Å². The largest absolute Gasteiger partial charge is 0.497 e. The van der Waals surface area contributed by atoms with Crippen LogP contribution in [0.3, 0.4) is 0 Å². The van der Waals surface area contributed by atoms with Gasteiger partial charge in [-0.3, -0.25) is 4.79 Å². The minimum absolute atomic E-state index is 0. The van der Waals surface area contributed by atoms with E-state index >= 15 is 0 Å². The lowest BCUT2D eigenvalue weighted by Gasteiger charge is -2.19. The highest BCUT2D eigenvalue weighted by molar-refractivity contribution is 7.99. The summed E-state index contributed by atoms with van der Waals surface area (Å²) in [7, 11) is 1.66. The molecule has 21 heavy (non-hydrogen) atoms. The molecule has 2 rings (SSSR count). The smallest absolute Gasteiger partial charge is 0.223 e. The van der Waals surface area contributed by atoms with Crippen molar-refractivity contribution in [1.29, 1.82) is 0 Å². The monoisotopic (exact) mass is 330 g/mol. The van der Waals surface area contributed by atoms with Crippen molar-refractivity contribution in [2.75, 3.05) is 39.0 Å². The molecule has 1 saturated heterocycles. The first kappa shape index (κ1) is 18.1. The summed E-state index contributed by atoms with van der Waals surface area (Å²) in [5, 5.41) is 3.31. The second-order valence-electron chi connectivity index (χ2n) is 4.76. The predicted octanol–water partition coefficient (Wildman–Crippen LogP) is 2.42. The SMILES string of the molecule is COc1ccc(SCCC(=O)N2CCCNCC2)cc1.Cl. The van der Waals surface area contributed by atoms with Crippen molar-refractivity contribution in [2.45, 2.75) is 17.7 Å². The highest BCUT2D eigenvalue weighted by Gasteiger charge is 2.14. The van der Waals surface area contributed by atoms with Crippen LogP contribution in [0.15, 0.2) is 29.2 Å². The average Bonchev–Trinajstić information content (AvgIpc) is 2.77. The Morgan fingerprint density at radius 2 is 2.05 bits per heavy atom. The van der Waals surface area contributed by atoms with Crippen molar-refractivity contribution in [3.8, 4) is 5.75 Å². The summed E-state index contributed by atoms with van der Waals surface area (Å²) in [5.74, 6) is 1.96. The van der Waals surface area contributed by atoms with E-state index in [2.05, 4.69) is 5.32 Å². The first-order valence-electron chi connectivity index (χ1n) is 7.05. The number of benzene rings is 1. The lowest BCUT2D eigenvalue weighted by molar-refractivity contribution is -0.130. The van der Waals surface area contributed by atoms with Gasteiger partial charge in [-0.25, -0.2) is 0 Å². The van der Waals surface area contributed by atoms with Gasteiger partial charge in [0.2, 0.25) is 5.91 Å². The predicted molar refractivity (Wildman–Crippen MR) is 89.6 cm³/mol. The van der Waals surface area contributed by atoms with Crippen LogP contribution in [0.5, 0.6) is 5.75 Å². The number of rotatable bonds is 5. The maximum absolute atomic E-state index is 12.1. The van der Waals surface area contributed by atoms with E-state index in [0.717, 1.165) is 44.1 Å². The van der Waals surface area contributed by atoms with E-state index in [-0.39, 0.29) is 18.3 Å². The molecule has 0 aliphatic carbocycles. The fourth-order valence-corrected chi connectivity index (χ4v) is 3.02. The molecule has 4 nitrogen and oxygen atoms in total. The number of hydrogen-bond donors (Lipinski definition) is 1. The highest BCUT2D eigenvalue weighted by Crippen LogP contribution is 2.22. The van der Waals surface area contributed by atoms with Gasteiger partial charge in [0, 0.05) is 36.7 Å². The van der Waals surface area contributed by atoms with Gasteiger partial charge in [-0.15, -0.1) is 24.2 Å². The van der Waals surface area contributed by atoms with Crippen LogP contribution in [-0.2, 0) is 4.79 Å². The van der Waals surface area contributed by atoms with Gasteiger partial charge in [0.1, 0.15) is 5.75 Å². The van der Waals surface area contributed by atoms with Crippen molar-refractivity contribution < 1.29 is 9.53 Å². The zero-order valence-corrected chi connectivity index (χ0v) is 14.0. The summed E-state index contributed by atoms with van der Waals surface area (Å²) < 4.78 is 5.13. The standard InChI is InChI=1S/C15H22N2O2S.ClH/c1-19-13-3-5-14(6-4-13)20-12-7-15(18)17-10-2-8-16-9-11-17;/h3-6,16H,2,7-12H2,1H3;1H. The fraction of sp³-hybridized carbons (Fsp3) is 0.533. The van der Waals surface area contributed by atoms with E-state index in [1.807, 2.05) is 29.2 Å². The Balaban J connectivity index is 0.00000220. The zero-order chi connectivity index (χ0) is 14.2. The number of carbonyl (C=O) groups is 1. The summed E-state index contributed by atoms with van der Waals surface area (Å²) in [4.78, 5) is 15.3. The van der Waals surface area contributed by atoms with Gasteiger partial charge in [-0.1, -0.05) is 0 Å². The molecule has 0 spiro atoms. The number of ether oxygens (including phenoxy) is 1. The number of nitrogens with one attached hydrogen (secondary N) is 1. The number of halogens is 1. The molecule has 0 aromatic heterocycles. The van der Waals surface area contributed by atoms with Crippen molar-refractivity contribution in [3.63, 3.8) is 0 Å². The second kappa shape index (κ2) is 9.92. The molecule has 1 aliphatic heterocycles. The number of amides is 1. The molecule has 0 radical (unpaired) electrons. The molecule has 0 saturated carbocycles. The molecule has 0 atom stereocenters. The first-order valence-corrected chi connectivity index (χ1v) is 8.03. The third kappa shape index (κ3) is 6.16. The van der Waals surface area contributed by atoms with Gasteiger partial charge in [0.25, 0.3) is 0 Å². The van der Waals surface area contributed by atoms with Crippen molar-refractivity contribution >= 4 is 30.1 Å². The minimum Gasteiger partial charge on any atom is -0.497 e. The highest BCUT2D eigenvalue weighted by atomic mass is 35.5. The minimum atomic E-state index is 0. The van der Waals surface area contributed by atoms with E-state index in [0.29, 0.717) is 6.42 Å². The molecule has 1 N–H and O–H groups in total. The lowest BCUT2D eigenvalue weighted by atomic mass is 10.3. The lowest BCUT2D eigenvalue weighted by Crippen LogP contribution is -2.34. The van der Waals surface area contributed by atoms with Crippen molar-refractivity contribution in [1.82, 2.24) is 10.2 Å². The molecule has 118 valence electrons. The summed E-state index contributed by atoms with van der Waals surface area (Å²) in [5.41, 5.74) is 0. The van der Waals surface area contributed by atoms with E-state index in [1.165, 1.54) is 4.90 Å². The van der Waals surface area contributed by atoms with Gasteiger partial charge in [0.05, 0.1) is 7.11 Å². The van der Waals surface area contributed by atoms with Crippen LogP contribution in [0.4, 0.5) is 0 Å². The van der Waals surface area contributed by atoms with Crippen LogP contribution >= 0.6 is 24.2 Å². The van der Waals surface area contributed by atoms with E-state index in [9.17, 15) is 4.79 Å². The Kier molecular flexibility index (Phi) is 8.57.